The summed E-state index contributed by atoms with van der Waals surface area (Å²) in [5.74, 6) is -1.39. The summed E-state index contributed by atoms with van der Waals surface area (Å²) in [5, 5.41) is 24.2. The maximum absolute atomic E-state index is 14.4. The predicted molar refractivity (Wildman–Crippen MR) is 198 cm³/mol. The van der Waals surface area contributed by atoms with Crippen molar-refractivity contribution in [1.82, 2.24) is 0 Å². The van der Waals surface area contributed by atoms with Crippen molar-refractivity contribution < 1.29 is 28.5 Å². The Morgan fingerprint density at radius 1 is 0.633 bits per heavy atom. The van der Waals surface area contributed by atoms with Crippen LogP contribution < -0.4 is 9.47 Å². The van der Waals surface area contributed by atoms with Crippen LogP contribution in [0, 0.1) is 17.6 Å². The van der Waals surface area contributed by atoms with Gasteiger partial charge in [0, 0.05) is 40.1 Å². The molecule has 0 saturated heterocycles. The number of benzene rings is 3. The minimum atomic E-state index is -1.77. The zero-order chi connectivity index (χ0) is 37.7. The number of ether oxygens (including phenoxy) is 2. The molecule has 0 radical (unpaired) electrons. The van der Waals surface area contributed by atoms with Crippen LogP contribution in [-0.2, 0) is 27.3 Å². The van der Waals surface area contributed by atoms with Crippen molar-refractivity contribution >= 4 is 6.21 Å². The number of aliphatic imine (C=N–C) groups is 1. The smallest absolute Gasteiger partial charge is 0.168 e. The summed E-state index contributed by atoms with van der Waals surface area (Å²) in [6.45, 7) is 29.3. The summed E-state index contributed by atoms with van der Waals surface area (Å²) in [6, 6.07) is 8.82. The summed E-state index contributed by atoms with van der Waals surface area (Å²) in [5.41, 5.74) is 1.57. The van der Waals surface area contributed by atoms with E-state index in [0.29, 0.717) is 17.2 Å². The molecule has 0 heterocycles. The van der Waals surface area contributed by atoms with Crippen LogP contribution in [0.25, 0.3) is 0 Å². The molecule has 1 unspecified atom stereocenters. The number of aliphatic hydroxyl groups is 1. The Labute approximate surface area is 293 Å². The molecule has 0 aromatic heterocycles. The molecule has 0 spiro atoms. The van der Waals surface area contributed by atoms with Gasteiger partial charge in [-0.25, -0.2) is 8.78 Å². The molecule has 0 aliphatic rings. The number of phenolic OH excluding ortho intramolecular Hbond substituents is 1. The topological polar surface area (TPSA) is 71.3 Å². The molecule has 270 valence electrons. The Kier molecular flexibility index (Phi) is 11.2. The lowest BCUT2D eigenvalue weighted by Crippen LogP contribution is -2.44. The number of rotatable bonds is 8. The molecule has 5 nitrogen and oxygen atoms in total. The van der Waals surface area contributed by atoms with E-state index in [1.54, 1.807) is 14.2 Å². The number of hydrogen-bond donors (Lipinski definition) is 2. The molecular formula is C42H59F2NO4. The number of methoxy groups -OCH3 is 2. The molecule has 0 saturated carbocycles. The molecule has 0 aliphatic heterocycles. The van der Waals surface area contributed by atoms with Crippen LogP contribution in [0.4, 0.5) is 8.78 Å². The highest BCUT2D eigenvalue weighted by molar-refractivity contribution is 5.83. The van der Waals surface area contributed by atoms with E-state index in [-0.39, 0.29) is 33.1 Å². The van der Waals surface area contributed by atoms with Gasteiger partial charge in [0.1, 0.15) is 22.9 Å². The van der Waals surface area contributed by atoms with Crippen molar-refractivity contribution in [1.29, 1.82) is 0 Å². The third-order valence-electron chi connectivity index (χ3n) is 9.19. The average molecular weight is 680 g/mol. The molecule has 0 amide bonds. The molecule has 49 heavy (non-hydrogen) atoms. The number of phenols is 1. The lowest BCUT2D eigenvalue weighted by atomic mass is 9.69. The fraction of sp³-hybridized carbons (Fsp3) is 0.548. The second-order valence-electron chi connectivity index (χ2n) is 17.8. The Hall–Kier alpha value is -3.45. The van der Waals surface area contributed by atoms with E-state index in [1.807, 2.05) is 38.1 Å². The van der Waals surface area contributed by atoms with Gasteiger partial charge >= 0.3 is 0 Å². The monoisotopic (exact) mass is 679 g/mol. The van der Waals surface area contributed by atoms with Gasteiger partial charge in [-0.1, -0.05) is 96.9 Å². The van der Waals surface area contributed by atoms with Gasteiger partial charge < -0.3 is 19.7 Å². The van der Waals surface area contributed by atoms with E-state index in [9.17, 15) is 19.0 Å². The lowest BCUT2D eigenvalue weighted by Gasteiger charge is -2.41. The van der Waals surface area contributed by atoms with Gasteiger partial charge in [0.15, 0.2) is 11.6 Å². The van der Waals surface area contributed by atoms with Crippen molar-refractivity contribution in [3.63, 3.8) is 0 Å². The third kappa shape index (κ3) is 8.14. The first kappa shape index (κ1) is 40.0. The molecule has 3 rings (SSSR count). The fourth-order valence-corrected chi connectivity index (χ4v) is 6.48. The Morgan fingerprint density at radius 3 is 1.27 bits per heavy atom. The van der Waals surface area contributed by atoms with E-state index in [1.165, 1.54) is 6.21 Å². The Morgan fingerprint density at radius 2 is 0.980 bits per heavy atom. The summed E-state index contributed by atoms with van der Waals surface area (Å²) >= 11 is 0. The van der Waals surface area contributed by atoms with Crippen LogP contribution in [0.1, 0.15) is 136 Å². The minimum absolute atomic E-state index is 0.119. The quantitative estimate of drug-likeness (QED) is 0.233. The zero-order valence-electron chi connectivity index (χ0n) is 32.6. The molecular weight excluding hydrogens is 620 g/mol. The average Bonchev–Trinajstić information content (AvgIpc) is 2.95. The van der Waals surface area contributed by atoms with E-state index in [0.717, 1.165) is 39.8 Å². The molecule has 0 aliphatic carbocycles. The largest absolute Gasteiger partial charge is 0.504 e. The van der Waals surface area contributed by atoms with Crippen LogP contribution >= 0.6 is 0 Å². The lowest BCUT2D eigenvalue weighted by molar-refractivity contribution is 0.0359. The standard InChI is InChI=1S/C42H59F2NO4/c1-24(2)37(45-23-25-17-28(43)22-33(44)34(25)46)42(47,26-18-29(38(3,4)5)35(48-15)30(19-26)39(6,7)8)27-20-31(40(9,10)11)36(49-16)32(21-27)41(12,13)14/h17-24,37,46-47H,1-16H3. The van der Waals surface area contributed by atoms with Crippen molar-refractivity contribution in [3.05, 3.63) is 87.0 Å². The van der Waals surface area contributed by atoms with Gasteiger partial charge in [-0.05, 0) is 69.0 Å². The molecule has 3 aromatic rings. The van der Waals surface area contributed by atoms with Crippen LogP contribution in [0.5, 0.6) is 17.2 Å². The molecule has 1 atom stereocenters. The summed E-state index contributed by atoms with van der Waals surface area (Å²) in [4.78, 5) is 4.88. The number of nitrogens with zero attached hydrogens (tertiary/aromatic N) is 1. The highest BCUT2D eigenvalue weighted by Gasteiger charge is 2.45. The van der Waals surface area contributed by atoms with Gasteiger partial charge in [0.25, 0.3) is 0 Å². The SMILES string of the molecule is COc1c(C(C)(C)C)cc(C(O)(c2cc(C(C)(C)C)c(OC)c(C(C)(C)C)c2)C(N=Cc2cc(F)cc(F)c2O)C(C)C)cc1C(C)(C)C. The van der Waals surface area contributed by atoms with Crippen molar-refractivity contribution in [3.8, 4) is 17.2 Å². The van der Waals surface area contributed by atoms with Crippen LogP contribution in [0.15, 0.2) is 41.4 Å². The van der Waals surface area contributed by atoms with E-state index in [4.69, 9.17) is 14.5 Å². The number of halogens is 2. The first-order chi connectivity index (χ1) is 22.2. The summed E-state index contributed by atoms with van der Waals surface area (Å²) in [7, 11) is 3.35. The molecule has 0 bridgehead atoms. The highest BCUT2D eigenvalue weighted by Crippen LogP contribution is 2.49. The van der Waals surface area contributed by atoms with Crippen molar-refractivity contribution in [2.75, 3.05) is 14.2 Å². The highest BCUT2D eigenvalue weighted by atomic mass is 19.1. The number of aromatic hydroxyl groups is 1. The van der Waals surface area contributed by atoms with Crippen LogP contribution in [0.2, 0.25) is 0 Å². The maximum Gasteiger partial charge on any atom is 0.168 e. The van der Waals surface area contributed by atoms with Gasteiger partial charge in [0.2, 0.25) is 0 Å². The van der Waals surface area contributed by atoms with Crippen molar-refractivity contribution in [2.24, 2.45) is 10.9 Å². The second-order valence-corrected chi connectivity index (χ2v) is 17.8. The second kappa shape index (κ2) is 13.7. The normalized spacial score (nSPS) is 14.1. The van der Waals surface area contributed by atoms with Gasteiger partial charge in [-0.15, -0.1) is 0 Å². The maximum atomic E-state index is 14.4. The third-order valence-corrected chi connectivity index (χ3v) is 9.19. The van der Waals surface area contributed by atoms with E-state index < -0.39 is 29.0 Å². The van der Waals surface area contributed by atoms with Crippen LogP contribution in [-0.4, -0.2) is 36.7 Å². The summed E-state index contributed by atoms with van der Waals surface area (Å²) < 4.78 is 40.9. The first-order valence-electron chi connectivity index (χ1n) is 17.1. The van der Waals surface area contributed by atoms with Gasteiger partial charge in [-0.3, -0.25) is 4.99 Å². The first-order valence-corrected chi connectivity index (χ1v) is 17.1. The fourth-order valence-electron chi connectivity index (χ4n) is 6.48. The Balaban J connectivity index is 2.67. The predicted octanol–water partition coefficient (Wildman–Crippen LogP) is 10.3. The summed E-state index contributed by atoms with van der Waals surface area (Å²) in [6.07, 6.45) is 1.26. The molecule has 3 aromatic carbocycles. The minimum Gasteiger partial charge on any atom is -0.504 e. The zero-order valence-corrected chi connectivity index (χ0v) is 32.6. The molecule has 0 fully saturated rings. The molecule has 2 N–H and O–H groups in total. The molecule has 7 heteroatoms. The van der Waals surface area contributed by atoms with E-state index in [2.05, 4.69) is 83.1 Å². The van der Waals surface area contributed by atoms with Crippen molar-refractivity contribution in [2.45, 2.75) is 130 Å². The van der Waals surface area contributed by atoms with Gasteiger partial charge in [0.05, 0.1) is 20.3 Å². The van der Waals surface area contributed by atoms with Crippen LogP contribution in [0.3, 0.4) is 0 Å². The number of hydrogen-bond acceptors (Lipinski definition) is 5. The van der Waals surface area contributed by atoms with Gasteiger partial charge in [-0.2, -0.15) is 0 Å². The van der Waals surface area contributed by atoms with E-state index >= 15 is 0 Å². The Bertz CT molecular complexity index is 1540.